The molecule has 0 fully saturated rings. The summed E-state index contributed by atoms with van der Waals surface area (Å²) in [4.78, 5) is 15.1. The standard InChI is InChI=1S/C15H16ClNO3S/c1-2-3-6-20-13-5-4-10(16)7-12(13)15-17-11(9-21-15)8-14(18)19/h4-5,7,9H,2-3,6,8H2,1H3,(H,18,19). The lowest BCUT2D eigenvalue weighted by Crippen LogP contribution is -2.00. The van der Waals surface area contributed by atoms with Crippen molar-refractivity contribution in [1.82, 2.24) is 4.98 Å². The quantitative estimate of drug-likeness (QED) is 0.772. The van der Waals surface area contributed by atoms with E-state index in [0.717, 1.165) is 29.2 Å². The summed E-state index contributed by atoms with van der Waals surface area (Å²) in [5, 5.41) is 11.9. The van der Waals surface area contributed by atoms with Gasteiger partial charge in [-0.2, -0.15) is 0 Å². The van der Waals surface area contributed by atoms with Gasteiger partial charge in [0.05, 0.1) is 24.3 Å². The van der Waals surface area contributed by atoms with Crippen molar-refractivity contribution in [2.45, 2.75) is 26.2 Å². The topological polar surface area (TPSA) is 59.4 Å². The zero-order valence-corrected chi connectivity index (χ0v) is 13.2. The SMILES string of the molecule is CCCCOc1ccc(Cl)cc1-c1nc(CC(=O)O)cs1. The molecule has 2 rings (SSSR count). The minimum atomic E-state index is -0.891. The number of aliphatic carboxylic acids is 1. The molecule has 112 valence electrons. The van der Waals surface area contributed by atoms with Crippen LogP contribution in [-0.4, -0.2) is 22.7 Å². The zero-order chi connectivity index (χ0) is 15.2. The number of nitrogens with zero attached hydrogens (tertiary/aromatic N) is 1. The number of aromatic nitrogens is 1. The highest BCUT2D eigenvalue weighted by Crippen LogP contribution is 2.34. The Labute approximate surface area is 132 Å². The molecule has 2 aromatic rings. The lowest BCUT2D eigenvalue weighted by Gasteiger charge is -2.10. The second kappa shape index (κ2) is 7.43. The predicted molar refractivity (Wildman–Crippen MR) is 84.3 cm³/mol. The van der Waals surface area contributed by atoms with Gasteiger partial charge in [-0.05, 0) is 24.6 Å². The van der Waals surface area contributed by atoms with Gasteiger partial charge in [-0.3, -0.25) is 4.79 Å². The molecule has 0 saturated heterocycles. The number of halogens is 1. The summed E-state index contributed by atoms with van der Waals surface area (Å²) in [6.45, 7) is 2.74. The minimum Gasteiger partial charge on any atom is -0.493 e. The Morgan fingerprint density at radius 3 is 3.00 bits per heavy atom. The molecular formula is C15H16ClNO3S. The van der Waals surface area contributed by atoms with Crippen molar-refractivity contribution in [3.05, 3.63) is 34.3 Å². The second-order valence-electron chi connectivity index (χ2n) is 4.56. The van der Waals surface area contributed by atoms with Gasteiger partial charge in [-0.25, -0.2) is 4.98 Å². The van der Waals surface area contributed by atoms with Crippen LogP contribution in [-0.2, 0) is 11.2 Å². The van der Waals surface area contributed by atoms with Crippen LogP contribution in [0, 0.1) is 0 Å². The van der Waals surface area contributed by atoms with E-state index in [2.05, 4.69) is 11.9 Å². The molecule has 0 atom stereocenters. The van der Waals surface area contributed by atoms with Gasteiger partial charge in [0.1, 0.15) is 10.8 Å². The van der Waals surface area contributed by atoms with E-state index < -0.39 is 5.97 Å². The summed E-state index contributed by atoms with van der Waals surface area (Å²) in [6.07, 6.45) is 1.95. The largest absolute Gasteiger partial charge is 0.493 e. The fraction of sp³-hybridized carbons (Fsp3) is 0.333. The van der Waals surface area contributed by atoms with Gasteiger partial charge in [0.15, 0.2) is 0 Å². The monoisotopic (exact) mass is 325 g/mol. The predicted octanol–water partition coefficient (Wildman–Crippen LogP) is 4.27. The Kier molecular flexibility index (Phi) is 5.59. The molecule has 0 amide bonds. The number of unbranched alkanes of at least 4 members (excludes halogenated alkanes) is 1. The molecule has 0 spiro atoms. The molecule has 0 saturated carbocycles. The van der Waals surface area contributed by atoms with Crippen molar-refractivity contribution in [2.75, 3.05) is 6.61 Å². The number of carboxylic acid groups (broad SMARTS) is 1. The molecule has 1 heterocycles. The molecular weight excluding hydrogens is 310 g/mol. The Hall–Kier alpha value is -1.59. The van der Waals surface area contributed by atoms with E-state index in [0.29, 0.717) is 17.3 Å². The van der Waals surface area contributed by atoms with Crippen molar-refractivity contribution in [3.8, 4) is 16.3 Å². The van der Waals surface area contributed by atoms with E-state index in [1.807, 2.05) is 6.07 Å². The maximum absolute atomic E-state index is 10.7. The highest BCUT2D eigenvalue weighted by Gasteiger charge is 2.13. The number of ether oxygens (including phenoxy) is 1. The molecule has 0 aliphatic carbocycles. The van der Waals surface area contributed by atoms with E-state index in [9.17, 15) is 4.79 Å². The van der Waals surface area contributed by atoms with Crippen molar-refractivity contribution in [3.63, 3.8) is 0 Å². The first-order valence-electron chi connectivity index (χ1n) is 6.69. The summed E-state index contributed by atoms with van der Waals surface area (Å²) >= 11 is 7.44. The van der Waals surface area contributed by atoms with E-state index in [1.54, 1.807) is 17.5 Å². The molecule has 1 aromatic carbocycles. The summed E-state index contributed by atoms with van der Waals surface area (Å²) in [7, 11) is 0. The second-order valence-corrected chi connectivity index (χ2v) is 5.85. The molecule has 0 aliphatic heterocycles. The van der Waals surface area contributed by atoms with Crippen LogP contribution in [0.4, 0.5) is 0 Å². The average Bonchev–Trinajstić information content (AvgIpc) is 2.88. The first kappa shape index (κ1) is 15.8. The Balaban J connectivity index is 2.26. The summed E-state index contributed by atoms with van der Waals surface area (Å²) in [5.41, 5.74) is 1.35. The lowest BCUT2D eigenvalue weighted by molar-refractivity contribution is -0.136. The van der Waals surface area contributed by atoms with Crippen LogP contribution in [0.25, 0.3) is 10.6 Å². The first-order valence-corrected chi connectivity index (χ1v) is 7.95. The Morgan fingerprint density at radius 1 is 1.48 bits per heavy atom. The van der Waals surface area contributed by atoms with Crippen LogP contribution in [0.3, 0.4) is 0 Å². The molecule has 1 N–H and O–H groups in total. The van der Waals surface area contributed by atoms with Crippen LogP contribution >= 0.6 is 22.9 Å². The normalized spacial score (nSPS) is 10.6. The van der Waals surface area contributed by atoms with Crippen molar-refractivity contribution >= 4 is 28.9 Å². The molecule has 0 unspecified atom stereocenters. The lowest BCUT2D eigenvalue weighted by atomic mass is 10.2. The fourth-order valence-electron chi connectivity index (χ4n) is 1.79. The highest BCUT2D eigenvalue weighted by molar-refractivity contribution is 7.13. The molecule has 0 radical (unpaired) electrons. The van der Waals surface area contributed by atoms with Gasteiger partial charge in [-0.1, -0.05) is 24.9 Å². The van der Waals surface area contributed by atoms with Gasteiger partial charge in [0, 0.05) is 10.4 Å². The maximum atomic E-state index is 10.7. The number of benzene rings is 1. The van der Waals surface area contributed by atoms with Crippen LogP contribution in [0.2, 0.25) is 5.02 Å². The number of carboxylic acids is 1. The average molecular weight is 326 g/mol. The Morgan fingerprint density at radius 2 is 2.29 bits per heavy atom. The molecule has 6 heteroatoms. The maximum Gasteiger partial charge on any atom is 0.309 e. The molecule has 21 heavy (non-hydrogen) atoms. The van der Waals surface area contributed by atoms with Gasteiger partial charge in [0.25, 0.3) is 0 Å². The van der Waals surface area contributed by atoms with Crippen LogP contribution in [0.15, 0.2) is 23.6 Å². The van der Waals surface area contributed by atoms with Gasteiger partial charge < -0.3 is 9.84 Å². The number of hydrogen-bond acceptors (Lipinski definition) is 4. The van der Waals surface area contributed by atoms with Crippen LogP contribution in [0.5, 0.6) is 5.75 Å². The van der Waals surface area contributed by atoms with Gasteiger partial charge in [-0.15, -0.1) is 11.3 Å². The third-order valence-electron chi connectivity index (χ3n) is 2.81. The molecule has 4 nitrogen and oxygen atoms in total. The van der Waals surface area contributed by atoms with Gasteiger partial charge >= 0.3 is 5.97 Å². The summed E-state index contributed by atoms with van der Waals surface area (Å²) < 4.78 is 5.77. The van der Waals surface area contributed by atoms with Gasteiger partial charge in [0.2, 0.25) is 0 Å². The van der Waals surface area contributed by atoms with E-state index in [1.165, 1.54) is 11.3 Å². The zero-order valence-electron chi connectivity index (χ0n) is 11.6. The summed E-state index contributed by atoms with van der Waals surface area (Å²) in [5.74, 6) is -0.165. The highest BCUT2D eigenvalue weighted by atomic mass is 35.5. The van der Waals surface area contributed by atoms with E-state index >= 15 is 0 Å². The third kappa shape index (κ3) is 4.44. The third-order valence-corrected chi connectivity index (χ3v) is 3.97. The van der Waals surface area contributed by atoms with Crippen molar-refractivity contribution in [1.29, 1.82) is 0 Å². The molecule has 1 aromatic heterocycles. The van der Waals surface area contributed by atoms with Crippen molar-refractivity contribution in [2.24, 2.45) is 0 Å². The number of thiazole rings is 1. The minimum absolute atomic E-state index is 0.0803. The van der Waals surface area contributed by atoms with Crippen LogP contribution < -0.4 is 4.74 Å². The number of rotatable bonds is 7. The molecule has 0 aliphatic rings. The van der Waals surface area contributed by atoms with E-state index in [4.69, 9.17) is 21.4 Å². The fourth-order valence-corrected chi connectivity index (χ4v) is 2.80. The number of hydrogen-bond donors (Lipinski definition) is 1. The van der Waals surface area contributed by atoms with Crippen molar-refractivity contribution < 1.29 is 14.6 Å². The first-order chi connectivity index (χ1) is 10.1. The molecule has 0 bridgehead atoms. The summed E-state index contributed by atoms with van der Waals surface area (Å²) in [6, 6.07) is 5.40. The van der Waals surface area contributed by atoms with Crippen LogP contribution in [0.1, 0.15) is 25.5 Å². The smallest absolute Gasteiger partial charge is 0.309 e. The number of carbonyl (C=O) groups is 1. The Bertz CT molecular complexity index is 627. The van der Waals surface area contributed by atoms with E-state index in [-0.39, 0.29) is 6.42 Å².